The highest BCUT2D eigenvalue weighted by atomic mass is 14.0. The van der Waals surface area contributed by atoms with E-state index in [1.807, 2.05) is 0 Å². The molecular weight excluding hydrogens is 192 g/mol. The van der Waals surface area contributed by atoms with Crippen LogP contribution in [-0.4, -0.2) is 0 Å². The first kappa shape index (κ1) is 10.9. The lowest BCUT2D eigenvalue weighted by Gasteiger charge is -2.05. The van der Waals surface area contributed by atoms with Crippen LogP contribution in [0.15, 0.2) is 24.3 Å². The van der Waals surface area contributed by atoms with E-state index in [2.05, 4.69) is 62.4 Å². The summed E-state index contributed by atoms with van der Waals surface area (Å²) in [5.41, 5.74) is 2.62. The van der Waals surface area contributed by atoms with Gasteiger partial charge in [0.25, 0.3) is 0 Å². The first-order valence-electron chi connectivity index (χ1n) is 5.95. The van der Waals surface area contributed by atoms with Crippen molar-refractivity contribution in [2.45, 2.75) is 26.7 Å². The van der Waals surface area contributed by atoms with Gasteiger partial charge < -0.3 is 0 Å². The predicted octanol–water partition coefficient (Wildman–Crippen LogP) is 3.11. The normalized spacial score (nSPS) is 14.9. The summed E-state index contributed by atoms with van der Waals surface area (Å²) >= 11 is 0. The molecule has 1 aromatic carbocycles. The van der Waals surface area contributed by atoms with Crippen LogP contribution in [0.25, 0.3) is 24.3 Å². The highest BCUT2D eigenvalue weighted by Crippen LogP contribution is 2.10. The van der Waals surface area contributed by atoms with E-state index < -0.39 is 0 Å². The molecule has 0 saturated carbocycles. The van der Waals surface area contributed by atoms with Gasteiger partial charge in [-0.2, -0.15) is 0 Å². The fourth-order valence-corrected chi connectivity index (χ4v) is 2.15. The third-order valence-electron chi connectivity index (χ3n) is 2.88. The van der Waals surface area contributed by atoms with Crippen LogP contribution in [-0.2, 0) is 0 Å². The molecule has 0 amide bonds. The van der Waals surface area contributed by atoms with E-state index >= 15 is 0 Å². The number of rotatable bonds is 2. The summed E-state index contributed by atoms with van der Waals surface area (Å²) < 4.78 is 0. The number of allylic oxidation sites excluding steroid dienone is 2. The quantitative estimate of drug-likeness (QED) is 0.703. The second-order valence-corrected chi connectivity index (χ2v) is 4.10. The average Bonchev–Trinajstić information content (AvgIpc) is 2.30. The zero-order valence-electron chi connectivity index (χ0n) is 10.0. The summed E-state index contributed by atoms with van der Waals surface area (Å²) in [7, 11) is 0. The van der Waals surface area contributed by atoms with E-state index in [0.717, 1.165) is 0 Å². The van der Waals surface area contributed by atoms with Gasteiger partial charge in [0.05, 0.1) is 0 Å². The van der Waals surface area contributed by atoms with Crippen molar-refractivity contribution in [2.24, 2.45) is 0 Å². The minimum Gasteiger partial charge on any atom is -0.0870 e. The monoisotopic (exact) mass is 210 g/mol. The van der Waals surface area contributed by atoms with Gasteiger partial charge in [-0.25, -0.2) is 0 Å². The molecule has 1 aromatic rings. The van der Waals surface area contributed by atoms with Gasteiger partial charge in [0.1, 0.15) is 0 Å². The Kier molecular flexibility index (Phi) is 3.40. The van der Waals surface area contributed by atoms with Gasteiger partial charge in [-0.05, 0) is 60.4 Å². The van der Waals surface area contributed by atoms with Crippen LogP contribution in [0, 0.1) is 0 Å². The lowest BCUT2D eigenvalue weighted by atomic mass is 9.99. The van der Waals surface area contributed by atoms with Crippen LogP contribution < -0.4 is 10.4 Å². The van der Waals surface area contributed by atoms with Crippen LogP contribution in [0.3, 0.4) is 0 Å². The largest absolute Gasteiger partial charge is 0.0870 e. The molecule has 0 spiro atoms. The standard InChI is InChI=1S/C16H18/c1-3-7-13-11-15-9-5-6-10-16(15)12-14(13)8-4-2/h3-4,7-12H,5-6H2,1-2H3/b7-3-,8-4-. The fourth-order valence-electron chi connectivity index (χ4n) is 2.15. The molecule has 0 aliphatic heterocycles. The van der Waals surface area contributed by atoms with Crippen molar-refractivity contribution in [3.63, 3.8) is 0 Å². The van der Waals surface area contributed by atoms with Gasteiger partial charge in [-0.3, -0.25) is 0 Å². The van der Waals surface area contributed by atoms with Crippen molar-refractivity contribution < 1.29 is 0 Å². The third kappa shape index (κ3) is 2.16. The average molecular weight is 210 g/mol. The minimum atomic E-state index is 1.17. The first-order chi connectivity index (χ1) is 7.85. The molecule has 16 heavy (non-hydrogen) atoms. The number of hydrogen-bond acceptors (Lipinski definition) is 0. The Morgan fingerprint density at radius 3 is 1.62 bits per heavy atom. The zero-order valence-corrected chi connectivity index (χ0v) is 10.0. The van der Waals surface area contributed by atoms with E-state index in [0.29, 0.717) is 0 Å². The highest BCUT2D eigenvalue weighted by Gasteiger charge is 1.99. The van der Waals surface area contributed by atoms with Gasteiger partial charge in [0.15, 0.2) is 0 Å². The van der Waals surface area contributed by atoms with E-state index in [1.165, 1.54) is 34.4 Å². The molecule has 2 rings (SSSR count). The van der Waals surface area contributed by atoms with Crippen molar-refractivity contribution in [2.75, 3.05) is 0 Å². The SMILES string of the molecule is C/C=C\c1cc2c(cc1/C=C\C)=CCCC=2. The van der Waals surface area contributed by atoms with Crippen molar-refractivity contribution in [3.05, 3.63) is 45.8 Å². The maximum absolute atomic E-state index is 2.34. The van der Waals surface area contributed by atoms with Crippen molar-refractivity contribution in [1.82, 2.24) is 0 Å². The van der Waals surface area contributed by atoms with Gasteiger partial charge in [-0.15, -0.1) is 0 Å². The van der Waals surface area contributed by atoms with Gasteiger partial charge >= 0.3 is 0 Å². The minimum absolute atomic E-state index is 1.17. The molecule has 0 saturated heterocycles. The van der Waals surface area contributed by atoms with Crippen LogP contribution in [0.4, 0.5) is 0 Å². The molecule has 0 nitrogen and oxygen atoms in total. The van der Waals surface area contributed by atoms with Crippen LogP contribution in [0.5, 0.6) is 0 Å². The van der Waals surface area contributed by atoms with Crippen LogP contribution >= 0.6 is 0 Å². The van der Waals surface area contributed by atoms with Crippen molar-refractivity contribution in [3.8, 4) is 0 Å². The molecule has 0 unspecified atom stereocenters. The smallest absolute Gasteiger partial charge is 0.0181 e. The Morgan fingerprint density at radius 1 is 0.812 bits per heavy atom. The second kappa shape index (κ2) is 4.98. The topological polar surface area (TPSA) is 0 Å². The lowest BCUT2D eigenvalue weighted by molar-refractivity contribution is 1.12. The summed E-state index contributed by atoms with van der Waals surface area (Å²) in [4.78, 5) is 0. The zero-order chi connectivity index (χ0) is 11.4. The lowest BCUT2D eigenvalue weighted by Crippen LogP contribution is -2.27. The summed E-state index contributed by atoms with van der Waals surface area (Å²) in [5, 5.41) is 2.76. The molecule has 0 fully saturated rings. The first-order valence-corrected chi connectivity index (χ1v) is 5.95. The molecule has 1 aliphatic carbocycles. The van der Waals surface area contributed by atoms with E-state index in [9.17, 15) is 0 Å². The Morgan fingerprint density at radius 2 is 1.25 bits per heavy atom. The molecule has 0 heteroatoms. The molecule has 0 atom stereocenters. The van der Waals surface area contributed by atoms with E-state index in [1.54, 1.807) is 0 Å². The van der Waals surface area contributed by atoms with E-state index in [4.69, 9.17) is 0 Å². The van der Waals surface area contributed by atoms with E-state index in [-0.39, 0.29) is 0 Å². The Balaban J connectivity index is 2.69. The second-order valence-electron chi connectivity index (χ2n) is 4.10. The summed E-state index contributed by atoms with van der Waals surface area (Å²) in [6.45, 7) is 4.13. The number of hydrogen-bond donors (Lipinski definition) is 0. The summed E-state index contributed by atoms with van der Waals surface area (Å²) in [6, 6.07) is 4.58. The van der Waals surface area contributed by atoms with Crippen molar-refractivity contribution in [1.29, 1.82) is 0 Å². The highest BCUT2D eigenvalue weighted by molar-refractivity contribution is 5.66. The summed E-state index contributed by atoms with van der Waals surface area (Å²) in [6.07, 6.45) is 15.6. The van der Waals surface area contributed by atoms with Crippen molar-refractivity contribution >= 4 is 24.3 Å². The van der Waals surface area contributed by atoms with Gasteiger partial charge in [0.2, 0.25) is 0 Å². The number of fused-ring (bicyclic) bond motifs is 1. The third-order valence-corrected chi connectivity index (χ3v) is 2.88. The Bertz CT molecular complexity index is 491. The molecule has 82 valence electrons. The van der Waals surface area contributed by atoms with Gasteiger partial charge in [-0.1, -0.05) is 36.5 Å². The van der Waals surface area contributed by atoms with Gasteiger partial charge in [0, 0.05) is 0 Å². The molecule has 0 N–H and O–H groups in total. The van der Waals surface area contributed by atoms with Crippen LogP contribution in [0.2, 0.25) is 0 Å². The van der Waals surface area contributed by atoms with Crippen LogP contribution in [0.1, 0.15) is 37.8 Å². The molecule has 0 heterocycles. The molecule has 1 aliphatic rings. The molecule has 0 radical (unpaired) electrons. The molecular formula is C16H18. The molecule has 0 bridgehead atoms. The summed E-state index contributed by atoms with van der Waals surface area (Å²) in [5.74, 6) is 0. The fraction of sp³-hybridized carbons (Fsp3) is 0.250. The maximum Gasteiger partial charge on any atom is -0.0181 e. The predicted molar refractivity (Wildman–Crippen MR) is 73.3 cm³/mol. The maximum atomic E-state index is 2.34. The molecule has 0 aromatic heterocycles. The Labute approximate surface area is 97.3 Å². The Hall–Kier alpha value is -1.56. The number of benzene rings is 1.